The van der Waals surface area contributed by atoms with Crippen LogP contribution in [0.25, 0.3) is 0 Å². The molecule has 108 valence electrons. The smallest absolute Gasteiger partial charge is 0.338 e. The van der Waals surface area contributed by atoms with E-state index < -0.39 is 11.9 Å². The van der Waals surface area contributed by atoms with Crippen LogP contribution in [0.3, 0.4) is 0 Å². The van der Waals surface area contributed by atoms with Gasteiger partial charge in [0.2, 0.25) is 0 Å². The molecule has 20 heavy (non-hydrogen) atoms. The number of carbonyl (C=O) groups excluding carboxylic acids is 3. The van der Waals surface area contributed by atoms with Crippen molar-refractivity contribution in [3.05, 3.63) is 29.3 Å². The zero-order valence-corrected chi connectivity index (χ0v) is 11.4. The Balaban J connectivity index is 2.93. The molecule has 1 aromatic carbocycles. The molecule has 6 heteroatoms. The molecule has 0 atom stereocenters. The summed E-state index contributed by atoms with van der Waals surface area (Å²) in [6, 6.07) is 4.41. The van der Waals surface area contributed by atoms with E-state index in [-0.39, 0.29) is 11.1 Å². The molecule has 0 unspecified atom stereocenters. The topological polar surface area (TPSA) is 78.9 Å². The van der Waals surface area contributed by atoms with Crippen molar-refractivity contribution in [2.45, 2.75) is 12.8 Å². The lowest BCUT2D eigenvalue weighted by Gasteiger charge is -2.10. The van der Waals surface area contributed by atoms with E-state index in [1.165, 1.54) is 26.4 Å². The Hall–Kier alpha value is -2.37. The summed E-state index contributed by atoms with van der Waals surface area (Å²) < 4.78 is 14.6. The standard InChI is InChI=1S/C14H16O6/c1-18-13(16)11-6-5-10(20-8-4-3-7-15)9-12(11)14(17)19-2/h5-7,9H,3-4,8H2,1-2H3. The number of methoxy groups -OCH3 is 2. The van der Waals surface area contributed by atoms with Gasteiger partial charge in [-0.2, -0.15) is 0 Å². The Bertz CT molecular complexity index is 494. The summed E-state index contributed by atoms with van der Waals surface area (Å²) in [6.45, 7) is 0.344. The van der Waals surface area contributed by atoms with Gasteiger partial charge < -0.3 is 19.0 Å². The van der Waals surface area contributed by atoms with Crippen molar-refractivity contribution in [1.82, 2.24) is 0 Å². The fourth-order valence-electron chi connectivity index (χ4n) is 1.54. The van der Waals surface area contributed by atoms with Gasteiger partial charge in [0.1, 0.15) is 12.0 Å². The minimum Gasteiger partial charge on any atom is -0.494 e. The van der Waals surface area contributed by atoms with Gasteiger partial charge in [-0.3, -0.25) is 0 Å². The summed E-state index contributed by atoms with van der Waals surface area (Å²) >= 11 is 0. The summed E-state index contributed by atoms with van der Waals surface area (Å²) in [6.07, 6.45) is 1.80. The number of hydrogen-bond acceptors (Lipinski definition) is 6. The van der Waals surface area contributed by atoms with Gasteiger partial charge in [-0.05, 0) is 24.6 Å². The summed E-state index contributed by atoms with van der Waals surface area (Å²) in [5, 5.41) is 0. The molecule has 1 rings (SSSR count). The highest BCUT2D eigenvalue weighted by atomic mass is 16.5. The van der Waals surface area contributed by atoms with E-state index in [0.717, 1.165) is 6.29 Å². The molecule has 0 N–H and O–H groups in total. The molecule has 1 aromatic rings. The molecule has 0 amide bonds. The lowest BCUT2D eigenvalue weighted by molar-refractivity contribution is -0.108. The first-order valence-electron chi connectivity index (χ1n) is 6.01. The molecule has 0 spiro atoms. The number of rotatable bonds is 7. The fourth-order valence-corrected chi connectivity index (χ4v) is 1.54. The second kappa shape index (κ2) is 7.93. The monoisotopic (exact) mass is 280 g/mol. The van der Waals surface area contributed by atoms with Crippen molar-refractivity contribution in [2.75, 3.05) is 20.8 Å². The van der Waals surface area contributed by atoms with Crippen molar-refractivity contribution in [1.29, 1.82) is 0 Å². The lowest BCUT2D eigenvalue weighted by atomic mass is 10.1. The average molecular weight is 280 g/mol. The average Bonchev–Trinajstić information content (AvgIpc) is 2.49. The molecule has 0 aromatic heterocycles. The van der Waals surface area contributed by atoms with Crippen LogP contribution in [0.4, 0.5) is 0 Å². The molecular weight excluding hydrogens is 264 g/mol. The second-order valence-electron chi connectivity index (χ2n) is 3.85. The van der Waals surface area contributed by atoms with Gasteiger partial charge in [0.15, 0.2) is 0 Å². The Kier molecular flexibility index (Phi) is 6.22. The van der Waals surface area contributed by atoms with E-state index in [4.69, 9.17) is 4.74 Å². The normalized spacial score (nSPS) is 9.70. The Labute approximate surface area is 116 Å². The molecule has 0 aliphatic heterocycles. The lowest BCUT2D eigenvalue weighted by Crippen LogP contribution is -2.12. The number of esters is 2. The Morgan fingerprint density at radius 1 is 1.10 bits per heavy atom. The number of carbonyl (C=O) groups is 3. The SMILES string of the molecule is COC(=O)c1ccc(OCCCC=O)cc1C(=O)OC. The predicted octanol–water partition coefficient (Wildman–Crippen LogP) is 1.62. The number of benzene rings is 1. The fraction of sp³-hybridized carbons (Fsp3) is 0.357. The predicted molar refractivity (Wildman–Crippen MR) is 69.9 cm³/mol. The third-order valence-electron chi connectivity index (χ3n) is 2.54. The number of unbranched alkanes of at least 4 members (excludes halogenated alkanes) is 1. The Morgan fingerprint density at radius 3 is 2.35 bits per heavy atom. The van der Waals surface area contributed by atoms with Gasteiger partial charge in [-0.25, -0.2) is 9.59 Å². The molecule has 0 bridgehead atoms. The zero-order chi connectivity index (χ0) is 15.0. The van der Waals surface area contributed by atoms with Gasteiger partial charge in [-0.1, -0.05) is 0 Å². The van der Waals surface area contributed by atoms with Crippen LogP contribution in [0.15, 0.2) is 18.2 Å². The van der Waals surface area contributed by atoms with Crippen molar-refractivity contribution < 1.29 is 28.6 Å². The van der Waals surface area contributed by atoms with Gasteiger partial charge in [0, 0.05) is 6.42 Å². The zero-order valence-electron chi connectivity index (χ0n) is 11.4. The van der Waals surface area contributed by atoms with E-state index >= 15 is 0 Å². The summed E-state index contributed by atoms with van der Waals surface area (Å²) in [4.78, 5) is 33.4. The van der Waals surface area contributed by atoms with Crippen LogP contribution < -0.4 is 4.74 Å². The number of ether oxygens (including phenoxy) is 3. The van der Waals surface area contributed by atoms with E-state index in [1.54, 1.807) is 6.07 Å². The maximum absolute atomic E-state index is 11.7. The van der Waals surface area contributed by atoms with E-state index in [2.05, 4.69) is 9.47 Å². The first-order valence-corrected chi connectivity index (χ1v) is 6.01. The third-order valence-corrected chi connectivity index (χ3v) is 2.54. The van der Waals surface area contributed by atoms with E-state index in [1.807, 2.05) is 0 Å². The maximum Gasteiger partial charge on any atom is 0.338 e. The number of hydrogen-bond donors (Lipinski definition) is 0. The van der Waals surface area contributed by atoms with Crippen LogP contribution in [0, 0.1) is 0 Å². The summed E-state index contributed by atoms with van der Waals surface area (Å²) in [5.41, 5.74) is 0.187. The highest BCUT2D eigenvalue weighted by Gasteiger charge is 2.19. The van der Waals surface area contributed by atoms with Gasteiger partial charge >= 0.3 is 11.9 Å². The first kappa shape index (κ1) is 15.7. The highest BCUT2D eigenvalue weighted by Crippen LogP contribution is 2.20. The largest absolute Gasteiger partial charge is 0.494 e. The van der Waals surface area contributed by atoms with Crippen molar-refractivity contribution in [2.24, 2.45) is 0 Å². The molecule has 0 radical (unpaired) electrons. The summed E-state index contributed by atoms with van der Waals surface area (Å²) in [5.74, 6) is -0.856. The molecule has 6 nitrogen and oxygen atoms in total. The second-order valence-corrected chi connectivity index (χ2v) is 3.85. The molecule has 0 aliphatic rings. The minimum atomic E-state index is -0.649. The molecule has 0 saturated carbocycles. The third kappa shape index (κ3) is 4.08. The van der Waals surface area contributed by atoms with Crippen molar-refractivity contribution in [3.63, 3.8) is 0 Å². The van der Waals surface area contributed by atoms with Gasteiger partial charge in [-0.15, -0.1) is 0 Å². The van der Waals surface area contributed by atoms with Crippen LogP contribution in [0.1, 0.15) is 33.6 Å². The van der Waals surface area contributed by atoms with Crippen LogP contribution in [-0.4, -0.2) is 39.1 Å². The molecule has 0 aliphatic carbocycles. The van der Waals surface area contributed by atoms with Crippen LogP contribution >= 0.6 is 0 Å². The highest BCUT2D eigenvalue weighted by molar-refractivity contribution is 6.03. The molecule has 0 fully saturated rings. The van der Waals surface area contributed by atoms with Crippen LogP contribution in [0.5, 0.6) is 5.75 Å². The maximum atomic E-state index is 11.7. The van der Waals surface area contributed by atoms with Crippen LogP contribution in [0.2, 0.25) is 0 Å². The first-order chi connectivity index (χ1) is 9.63. The minimum absolute atomic E-state index is 0.0761. The molecular formula is C14H16O6. The summed E-state index contributed by atoms with van der Waals surface area (Å²) in [7, 11) is 2.45. The number of aldehydes is 1. The van der Waals surface area contributed by atoms with Gasteiger partial charge in [0.05, 0.1) is 32.0 Å². The van der Waals surface area contributed by atoms with E-state index in [0.29, 0.717) is 25.2 Å². The Morgan fingerprint density at radius 2 is 1.75 bits per heavy atom. The quantitative estimate of drug-likeness (QED) is 0.429. The molecule has 0 heterocycles. The van der Waals surface area contributed by atoms with Gasteiger partial charge in [0.25, 0.3) is 0 Å². The van der Waals surface area contributed by atoms with Crippen molar-refractivity contribution >= 4 is 18.2 Å². The van der Waals surface area contributed by atoms with Crippen LogP contribution in [-0.2, 0) is 14.3 Å². The van der Waals surface area contributed by atoms with E-state index in [9.17, 15) is 14.4 Å². The molecule has 0 saturated heterocycles. The van der Waals surface area contributed by atoms with Crippen molar-refractivity contribution in [3.8, 4) is 5.75 Å².